The molecule has 0 radical (unpaired) electrons. The molecule has 0 bridgehead atoms. The van der Waals surface area contributed by atoms with Crippen molar-refractivity contribution in [3.63, 3.8) is 0 Å². The Morgan fingerprint density at radius 3 is 2.50 bits per heavy atom. The van der Waals surface area contributed by atoms with Gasteiger partial charge in [0.05, 0.1) is 5.56 Å². The largest absolute Gasteiger partial charge is 0.478 e. The molecule has 2 aromatic rings. The maximum absolute atomic E-state index is 10.7. The Bertz CT molecular complexity index is 561. The summed E-state index contributed by atoms with van der Waals surface area (Å²) in [5, 5.41) is 11.8. The summed E-state index contributed by atoms with van der Waals surface area (Å²) in [6, 6.07) is 7.97. The van der Waals surface area contributed by atoms with E-state index in [0.29, 0.717) is 17.5 Å². The van der Waals surface area contributed by atoms with Crippen LogP contribution in [0.4, 0.5) is 17.3 Å². The van der Waals surface area contributed by atoms with Crippen molar-refractivity contribution in [3.05, 3.63) is 41.7 Å². The molecule has 0 aliphatic carbocycles. The molecule has 0 saturated carbocycles. The molecule has 0 atom stereocenters. The minimum absolute atomic E-state index is 0.235. The third kappa shape index (κ3) is 2.73. The molecule has 0 aliphatic heterocycles. The maximum atomic E-state index is 10.7. The molecule has 1 aromatic heterocycles. The highest BCUT2D eigenvalue weighted by molar-refractivity contribution is 5.88. The summed E-state index contributed by atoms with van der Waals surface area (Å²) >= 11 is 0. The van der Waals surface area contributed by atoms with E-state index in [2.05, 4.69) is 15.3 Å². The van der Waals surface area contributed by atoms with E-state index in [9.17, 15) is 4.79 Å². The minimum Gasteiger partial charge on any atom is -0.478 e. The fourth-order valence-electron chi connectivity index (χ4n) is 1.50. The molecular weight excluding hydrogens is 232 g/mol. The van der Waals surface area contributed by atoms with Crippen LogP contribution in [0, 0.1) is 6.92 Å². The van der Waals surface area contributed by atoms with E-state index in [1.54, 1.807) is 25.1 Å². The number of carboxylic acids is 1. The summed E-state index contributed by atoms with van der Waals surface area (Å²) < 4.78 is 0. The van der Waals surface area contributed by atoms with Gasteiger partial charge in [0.25, 0.3) is 0 Å². The number of anilines is 3. The van der Waals surface area contributed by atoms with Crippen molar-refractivity contribution in [2.75, 3.05) is 11.1 Å². The van der Waals surface area contributed by atoms with E-state index in [1.807, 2.05) is 0 Å². The number of nitrogens with two attached hydrogens (primary N) is 1. The van der Waals surface area contributed by atoms with Gasteiger partial charge in [-0.05, 0) is 31.2 Å². The van der Waals surface area contributed by atoms with Crippen LogP contribution in [0.3, 0.4) is 0 Å². The lowest BCUT2D eigenvalue weighted by Gasteiger charge is -2.07. The Morgan fingerprint density at radius 2 is 1.94 bits per heavy atom. The van der Waals surface area contributed by atoms with Crippen molar-refractivity contribution in [1.29, 1.82) is 0 Å². The van der Waals surface area contributed by atoms with Gasteiger partial charge in [-0.25, -0.2) is 14.8 Å². The topological polar surface area (TPSA) is 101 Å². The number of nitrogens with one attached hydrogen (secondary N) is 1. The number of hydrogen-bond donors (Lipinski definition) is 3. The van der Waals surface area contributed by atoms with Gasteiger partial charge in [0.15, 0.2) is 0 Å². The van der Waals surface area contributed by atoms with Gasteiger partial charge >= 0.3 is 5.97 Å². The Labute approximate surface area is 104 Å². The van der Waals surface area contributed by atoms with E-state index in [-0.39, 0.29) is 5.56 Å². The first-order valence-corrected chi connectivity index (χ1v) is 5.26. The lowest BCUT2D eigenvalue weighted by Crippen LogP contribution is -2.01. The lowest BCUT2D eigenvalue weighted by atomic mass is 10.2. The van der Waals surface area contributed by atoms with Crippen molar-refractivity contribution in [2.24, 2.45) is 0 Å². The van der Waals surface area contributed by atoms with Gasteiger partial charge in [0.1, 0.15) is 17.5 Å². The summed E-state index contributed by atoms with van der Waals surface area (Å²) in [6.07, 6.45) is 0. The summed E-state index contributed by atoms with van der Waals surface area (Å²) in [5.41, 5.74) is 6.58. The molecule has 1 heterocycles. The van der Waals surface area contributed by atoms with E-state index < -0.39 is 5.97 Å². The monoisotopic (exact) mass is 244 g/mol. The van der Waals surface area contributed by atoms with Crippen molar-refractivity contribution in [1.82, 2.24) is 9.97 Å². The zero-order valence-electron chi connectivity index (χ0n) is 9.71. The molecule has 0 aliphatic rings. The van der Waals surface area contributed by atoms with Crippen LogP contribution in [0.1, 0.15) is 16.2 Å². The molecule has 0 amide bonds. The predicted octanol–water partition coefficient (Wildman–Crippen LogP) is 1.81. The molecule has 4 N–H and O–H groups in total. The summed E-state index contributed by atoms with van der Waals surface area (Å²) in [6.45, 7) is 1.75. The second-order valence-corrected chi connectivity index (χ2v) is 3.73. The van der Waals surface area contributed by atoms with Crippen LogP contribution in [-0.2, 0) is 0 Å². The minimum atomic E-state index is -0.955. The molecule has 92 valence electrons. The van der Waals surface area contributed by atoms with Crippen LogP contribution in [0.2, 0.25) is 0 Å². The van der Waals surface area contributed by atoms with Crippen LogP contribution in [0.15, 0.2) is 30.3 Å². The standard InChI is InChI=1S/C12H12N4O2/c1-7-14-10(13)6-11(15-7)16-9-4-2-8(3-5-9)12(17)18/h2-6H,1H3,(H,17,18)(H3,13,14,15,16). The van der Waals surface area contributed by atoms with Crippen molar-refractivity contribution in [3.8, 4) is 0 Å². The number of aryl methyl sites for hydroxylation is 1. The van der Waals surface area contributed by atoms with Gasteiger partial charge < -0.3 is 16.2 Å². The highest BCUT2D eigenvalue weighted by Gasteiger charge is 2.03. The molecule has 6 heteroatoms. The SMILES string of the molecule is Cc1nc(N)cc(Nc2ccc(C(=O)O)cc2)n1. The van der Waals surface area contributed by atoms with Crippen molar-refractivity contribution in [2.45, 2.75) is 6.92 Å². The second-order valence-electron chi connectivity index (χ2n) is 3.73. The lowest BCUT2D eigenvalue weighted by molar-refractivity contribution is 0.0697. The average Bonchev–Trinajstić information content (AvgIpc) is 2.28. The second kappa shape index (κ2) is 4.70. The Balaban J connectivity index is 2.20. The van der Waals surface area contributed by atoms with Crippen molar-refractivity contribution < 1.29 is 9.90 Å². The van der Waals surface area contributed by atoms with Crippen LogP contribution in [-0.4, -0.2) is 21.0 Å². The number of aromatic nitrogens is 2. The van der Waals surface area contributed by atoms with Gasteiger partial charge in [-0.3, -0.25) is 0 Å². The van der Waals surface area contributed by atoms with Crippen LogP contribution < -0.4 is 11.1 Å². The maximum Gasteiger partial charge on any atom is 0.335 e. The summed E-state index contributed by atoms with van der Waals surface area (Å²) in [7, 11) is 0. The van der Waals surface area contributed by atoms with Gasteiger partial charge in [-0.2, -0.15) is 0 Å². The fourth-order valence-corrected chi connectivity index (χ4v) is 1.50. The first-order chi connectivity index (χ1) is 8.54. The smallest absolute Gasteiger partial charge is 0.335 e. The Morgan fingerprint density at radius 1 is 1.28 bits per heavy atom. The molecule has 6 nitrogen and oxygen atoms in total. The molecule has 0 unspecified atom stereocenters. The summed E-state index contributed by atoms with van der Waals surface area (Å²) in [4.78, 5) is 18.8. The number of benzene rings is 1. The molecule has 0 saturated heterocycles. The van der Waals surface area contributed by atoms with Gasteiger partial charge in [-0.15, -0.1) is 0 Å². The van der Waals surface area contributed by atoms with Crippen LogP contribution >= 0.6 is 0 Å². The first kappa shape index (κ1) is 11.8. The molecule has 0 spiro atoms. The molecule has 2 rings (SSSR count). The third-order valence-corrected chi connectivity index (χ3v) is 2.26. The quantitative estimate of drug-likeness (QED) is 0.761. The van der Waals surface area contributed by atoms with Gasteiger partial charge in [-0.1, -0.05) is 0 Å². The molecule has 18 heavy (non-hydrogen) atoms. The Hall–Kier alpha value is -2.63. The fraction of sp³-hybridized carbons (Fsp3) is 0.0833. The van der Waals surface area contributed by atoms with E-state index in [1.165, 1.54) is 12.1 Å². The van der Waals surface area contributed by atoms with E-state index in [0.717, 1.165) is 5.69 Å². The summed E-state index contributed by atoms with van der Waals surface area (Å²) in [5.74, 6) is 0.568. The van der Waals surface area contributed by atoms with Crippen molar-refractivity contribution >= 4 is 23.3 Å². The molecule has 1 aromatic carbocycles. The number of carboxylic acid groups (broad SMARTS) is 1. The molecule has 0 fully saturated rings. The van der Waals surface area contributed by atoms with Gasteiger partial charge in [0.2, 0.25) is 0 Å². The van der Waals surface area contributed by atoms with Gasteiger partial charge in [0, 0.05) is 11.8 Å². The number of carbonyl (C=O) groups is 1. The van der Waals surface area contributed by atoms with Crippen LogP contribution in [0.5, 0.6) is 0 Å². The van der Waals surface area contributed by atoms with E-state index in [4.69, 9.17) is 10.8 Å². The highest BCUT2D eigenvalue weighted by Crippen LogP contribution is 2.16. The molecular formula is C12H12N4O2. The number of aromatic carboxylic acids is 1. The normalized spacial score (nSPS) is 10.1. The number of rotatable bonds is 3. The zero-order chi connectivity index (χ0) is 13.1. The number of nitrogens with zero attached hydrogens (tertiary/aromatic N) is 2. The predicted molar refractivity (Wildman–Crippen MR) is 67.9 cm³/mol. The Kier molecular flexibility index (Phi) is 3.09. The highest BCUT2D eigenvalue weighted by atomic mass is 16.4. The number of hydrogen-bond acceptors (Lipinski definition) is 5. The average molecular weight is 244 g/mol. The zero-order valence-corrected chi connectivity index (χ0v) is 9.71. The van der Waals surface area contributed by atoms with Crippen LogP contribution in [0.25, 0.3) is 0 Å². The number of nitrogen functional groups attached to an aromatic ring is 1. The third-order valence-electron chi connectivity index (χ3n) is 2.26. The van der Waals surface area contributed by atoms with E-state index >= 15 is 0 Å². The first-order valence-electron chi connectivity index (χ1n) is 5.26.